The molecule has 1 N–H and O–H groups in total. The lowest BCUT2D eigenvalue weighted by Crippen LogP contribution is -2.15. The minimum Gasteiger partial charge on any atom is -0.481 e. The highest BCUT2D eigenvalue weighted by molar-refractivity contribution is 5.37. The summed E-state index contributed by atoms with van der Waals surface area (Å²) in [5.74, 6) is 1.66. The molecule has 7 nitrogen and oxygen atoms in total. The van der Waals surface area contributed by atoms with E-state index in [1.807, 2.05) is 42.8 Å². The van der Waals surface area contributed by atoms with Gasteiger partial charge < -0.3 is 10.1 Å². The topological polar surface area (TPSA) is 69.3 Å². The van der Waals surface area contributed by atoms with E-state index in [0.29, 0.717) is 13.1 Å². The van der Waals surface area contributed by atoms with Gasteiger partial charge in [0, 0.05) is 19.8 Å². The van der Waals surface area contributed by atoms with Gasteiger partial charge in [0.1, 0.15) is 0 Å². The van der Waals surface area contributed by atoms with Crippen molar-refractivity contribution >= 4 is 5.65 Å². The minimum atomic E-state index is 0.628. The van der Waals surface area contributed by atoms with E-state index in [1.165, 1.54) is 0 Å². The highest BCUT2D eigenvalue weighted by atomic mass is 16.5. The smallest absolute Gasteiger partial charge is 0.216 e. The third-order valence-electron chi connectivity index (χ3n) is 3.45. The van der Waals surface area contributed by atoms with Crippen molar-refractivity contribution in [1.82, 2.24) is 29.7 Å². The Morgan fingerprint density at radius 2 is 2.10 bits per heavy atom. The van der Waals surface area contributed by atoms with Gasteiger partial charge in [-0.1, -0.05) is 6.07 Å². The highest BCUT2D eigenvalue weighted by Gasteiger charge is 2.13. The van der Waals surface area contributed by atoms with Crippen molar-refractivity contribution in [2.75, 3.05) is 7.11 Å². The fourth-order valence-electron chi connectivity index (χ4n) is 2.45. The summed E-state index contributed by atoms with van der Waals surface area (Å²) in [4.78, 5) is 0. The van der Waals surface area contributed by atoms with E-state index in [9.17, 15) is 0 Å². The number of rotatable bonds is 5. The molecule has 0 aliphatic heterocycles. The Morgan fingerprint density at radius 3 is 2.90 bits per heavy atom. The summed E-state index contributed by atoms with van der Waals surface area (Å²) in [5, 5.41) is 16.1. The summed E-state index contributed by atoms with van der Waals surface area (Å²) in [5.41, 5.74) is 2.88. The van der Waals surface area contributed by atoms with E-state index < -0.39 is 0 Å². The van der Waals surface area contributed by atoms with Crippen LogP contribution in [0.3, 0.4) is 0 Å². The first-order valence-electron chi connectivity index (χ1n) is 6.76. The molecule has 0 fully saturated rings. The van der Waals surface area contributed by atoms with Crippen molar-refractivity contribution < 1.29 is 4.74 Å². The van der Waals surface area contributed by atoms with E-state index in [4.69, 9.17) is 4.74 Å². The predicted octanol–water partition coefficient (Wildman–Crippen LogP) is 1.07. The first kappa shape index (κ1) is 13.6. The van der Waals surface area contributed by atoms with Crippen LogP contribution in [0.25, 0.3) is 5.65 Å². The molecule has 3 aromatic heterocycles. The molecule has 0 aromatic carbocycles. The average molecular weight is 286 g/mol. The molecule has 0 bridgehead atoms. The third-order valence-corrected chi connectivity index (χ3v) is 3.45. The SMILES string of the molecule is COc1c(CNCc2nnc3ccccn23)c(C)nn1C. The second-order valence-electron chi connectivity index (χ2n) is 4.85. The Hall–Kier alpha value is -2.41. The molecule has 0 unspecified atom stereocenters. The number of methoxy groups -OCH3 is 1. The van der Waals surface area contributed by atoms with E-state index in [1.54, 1.807) is 11.8 Å². The van der Waals surface area contributed by atoms with Crippen molar-refractivity contribution in [3.8, 4) is 5.88 Å². The summed E-state index contributed by atoms with van der Waals surface area (Å²) >= 11 is 0. The van der Waals surface area contributed by atoms with Crippen LogP contribution in [-0.4, -0.2) is 31.5 Å². The largest absolute Gasteiger partial charge is 0.481 e. The molecule has 0 aliphatic carbocycles. The van der Waals surface area contributed by atoms with Gasteiger partial charge in [0.15, 0.2) is 11.5 Å². The molecule has 7 heteroatoms. The molecule has 0 atom stereocenters. The quantitative estimate of drug-likeness (QED) is 0.760. The van der Waals surface area contributed by atoms with Crippen molar-refractivity contribution in [3.05, 3.63) is 41.5 Å². The van der Waals surface area contributed by atoms with Crippen molar-refractivity contribution in [1.29, 1.82) is 0 Å². The molecule has 0 radical (unpaired) electrons. The van der Waals surface area contributed by atoms with Gasteiger partial charge in [-0.25, -0.2) is 4.68 Å². The van der Waals surface area contributed by atoms with E-state index in [0.717, 1.165) is 28.6 Å². The number of pyridine rings is 1. The van der Waals surface area contributed by atoms with Crippen LogP contribution in [0.2, 0.25) is 0 Å². The molecule has 3 aromatic rings. The number of aromatic nitrogens is 5. The molecular formula is C14H18N6O. The number of hydrogen-bond acceptors (Lipinski definition) is 5. The zero-order chi connectivity index (χ0) is 14.8. The molecule has 3 heterocycles. The average Bonchev–Trinajstić information content (AvgIpc) is 3.01. The van der Waals surface area contributed by atoms with Gasteiger partial charge in [0.05, 0.1) is 24.9 Å². The van der Waals surface area contributed by atoms with E-state index in [-0.39, 0.29) is 0 Å². The molecule has 21 heavy (non-hydrogen) atoms. The number of nitrogens with one attached hydrogen (secondary N) is 1. The Balaban J connectivity index is 1.72. The lowest BCUT2D eigenvalue weighted by molar-refractivity contribution is 0.368. The number of fused-ring (bicyclic) bond motifs is 1. The maximum Gasteiger partial charge on any atom is 0.216 e. The van der Waals surface area contributed by atoms with Gasteiger partial charge in [-0.2, -0.15) is 5.10 Å². The van der Waals surface area contributed by atoms with Crippen LogP contribution >= 0.6 is 0 Å². The maximum absolute atomic E-state index is 5.38. The van der Waals surface area contributed by atoms with Gasteiger partial charge in [-0.3, -0.25) is 4.40 Å². The fourth-order valence-corrected chi connectivity index (χ4v) is 2.45. The fraction of sp³-hybridized carbons (Fsp3) is 0.357. The van der Waals surface area contributed by atoms with Crippen LogP contribution in [0.1, 0.15) is 17.1 Å². The molecule has 0 aliphatic rings. The monoisotopic (exact) mass is 286 g/mol. The second-order valence-corrected chi connectivity index (χ2v) is 4.85. The lowest BCUT2D eigenvalue weighted by Gasteiger charge is -2.06. The predicted molar refractivity (Wildman–Crippen MR) is 78.0 cm³/mol. The second kappa shape index (κ2) is 5.53. The number of aryl methyl sites for hydroxylation is 2. The number of hydrogen-bond donors (Lipinski definition) is 1. The van der Waals surface area contributed by atoms with Gasteiger partial charge in [0.25, 0.3) is 0 Å². The minimum absolute atomic E-state index is 0.628. The van der Waals surface area contributed by atoms with Gasteiger partial charge in [0.2, 0.25) is 5.88 Å². The van der Waals surface area contributed by atoms with Crippen LogP contribution in [0.15, 0.2) is 24.4 Å². The molecule has 0 saturated carbocycles. The standard InChI is InChI=1S/C14H18N6O/c1-10-11(14(21-3)19(2)18-10)8-15-9-13-17-16-12-6-4-5-7-20(12)13/h4-7,15H,8-9H2,1-3H3. The van der Waals surface area contributed by atoms with Gasteiger partial charge >= 0.3 is 0 Å². The van der Waals surface area contributed by atoms with E-state index >= 15 is 0 Å². The van der Waals surface area contributed by atoms with Crippen LogP contribution < -0.4 is 10.1 Å². The lowest BCUT2D eigenvalue weighted by atomic mass is 10.2. The normalized spacial score (nSPS) is 11.2. The van der Waals surface area contributed by atoms with Crippen molar-refractivity contribution in [2.24, 2.45) is 7.05 Å². The molecular weight excluding hydrogens is 268 g/mol. The summed E-state index contributed by atoms with van der Waals surface area (Å²) in [6.45, 7) is 3.28. The first-order valence-corrected chi connectivity index (χ1v) is 6.76. The molecule has 110 valence electrons. The molecule has 3 rings (SSSR count). The number of ether oxygens (including phenoxy) is 1. The zero-order valence-electron chi connectivity index (χ0n) is 12.4. The van der Waals surface area contributed by atoms with Crippen molar-refractivity contribution in [3.63, 3.8) is 0 Å². The zero-order valence-corrected chi connectivity index (χ0v) is 12.4. The Morgan fingerprint density at radius 1 is 1.24 bits per heavy atom. The first-order chi connectivity index (χ1) is 10.2. The van der Waals surface area contributed by atoms with Gasteiger partial charge in [-0.15, -0.1) is 10.2 Å². The van der Waals surface area contributed by atoms with Crippen molar-refractivity contribution in [2.45, 2.75) is 20.0 Å². The summed E-state index contributed by atoms with van der Waals surface area (Å²) in [6.07, 6.45) is 1.96. The molecule has 0 spiro atoms. The van der Waals surface area contributed by atoms with Crippen LogP contribution in [0, 0.1) is 6.92 Å². The van der Waals surface area contributed by atoms with Crippen LogP contribution in [0.4, 0.5) is 0 Å². The Kier molecular flexibility index (Phi) is 3.57. The van der Waals surface area contributed by atoms with Crippen LogP contribution in [-0.2, 0) is 20.1 Å². The maximum atomic E-state index is 5.38. The summed E-state index contributed by atoms with van der Waals surface area (Å²) in [6, 6.07) is 5.85. The molecule has 0 saturated heterocycles. The third kappa shape index (κ3) is 2.47. The van der Waals surface area contributed by atoms with Gasteiger partial charge in [-0.05, 0) is 19.1 Å². The highest BCUT2D eigenvalue weighted by Crippen LogP contribution is 2.20. The molecule has 0 amide bonds. The summed E-state index contributed by atoms with van der Waals surface area (Å²) in [7, 11) is 3.54. The Labute approximate surface area is 122 Å². The van der Waals surface area contributed by atoms with Crippen LogP contribution in [0.5, 0.6) is 5.88 Å². The Bertz CT molecular complexity index is 760. The number of nitrogens with zero attached hydrogens (tertiary/aromatic N) is 5. The summed E-state index contributed by atoms with van der Waals surface area (Å²) < 4.78 is 9.10. The van der Waals surface area contributed by atoms with E-state index in [2.05, 4.69) is 20.6 Å².